The average molecular weight is 292 g/mol. The van der Waals surface area contributed by atoms with Crippen LogP contribution in [0.5, 0.6) is 5.75 Å². The molecule has 2 rings (SSSR count). The summed E-state index contributed by atoms with van der Waals surface area (Å²) in [6, 6.07) is 5.47. The fourth-order valence-corrected chi connectivity index (χ4v) is 2.98. The maximum absolute atomic E-state index is 12.2. The Morgan fingerprint density at radius 2 is 2.00 bits per heavy atom. The van der Waals surface area contributed by atoms with Crippen molar-refractivity contribution in [3.8, 4) is 5.75 Å². The molecule has 1 saturated carbocycles. The number of nitrogen functional groups attached to an aromatic ring is 1. The molecule has 1 aliphatic carbocycles. The van der Waals surface area contributed by atoms with Crippen molar-refractivity contribution in [1.29, 1.82) is 0 Å². The van der Waals surface area contributed by atoms with Crippen LogP contribution in [0.4, 0.5) is 11.4 Å². The second-order valence-corrected chi connectivity index (χ2v) is 5.64. The molecule has 0 saturated heterocycles. The molecule has 1 aliphatic rings. The van der Waals surface area contributed by atoms with Gasteiger partial charge in [-0.15, -0.1) is 0 Å². The molecule has 1 aromatic rings. The Morgan fingerprint density at radius 3 is 2.62 bits per heavy atom. The van der Waals surface area contributed by atoms with Gasteiger partial charge in [-0.05, 0) is 25.0 Å². The Balaban J connectivity index is 2.13. The molecule has 0 radical (unpaired) electrons. The predicted molar refractivity (Wildman–Crippen MR) is 83.4 cm³/mol. The van der Waals surface area contributed by atoms with Crippen LogP contribution in [0, 0.1) is 5.41 Å². The molecule has 0 amide bonds. The lowest BCUT2D eigenvalue weighted by molar-refractivity contribution is -0.153. The van der Waals surface area contributed by atoms with Crippen LogP contribution in [-0.2, 0) is 9.53 Å². The molecule has 0 spiro atoms. The van der Waals surface area contributed by atoms with E-state index in [0.29, 0.717) is 12.2 Å². The highest BCUT2D eigenvalue weighted by atomic mass is 16.5. The summed E-state index contributed by atoms with van der Waals surface area (Å²) in [6.07, 6.45) is 5.02. The van der Waals surface area contributed by atoms with Crippen molar-refractivity contribution in [2.24, 2.45) is 5.41 Å². The number of nitrogens with two attached hydrogens (primary N) is 1. The number of carbonyl (C=O) groups is 1. The van der Waals surface area contributed by atoms with Crippen molar-refractivity contribution < 1.29 is 14.3 Å². The van der Waals surface area contributed by atoms with Gasteiger partial charge in [0, 0.05) is 12.6 Å². The summed E-state index contributed by atoms with van der Waals surface area (Å²) in [4.78, 5) is 12.2. The Kier molecular flexibility index (Phi) is 4.94. The Bertz CT molecular complexity index is 496. The van der Waals surface area contributed by atoms with E-state index in [1.54, 1.807) is 13.2 Å². The van der Waals surface area contributed by atoms with E-state index in [4.69, 9.17) is 15.2 Å². The molecule has 5 heteroatoms. The van der Waals surface area contributed by atoms with Crippen molar-refractivity contribution >= 4 is 17.3 Å². The van der Waals surface area contributed by atoms with Gasteiger partial charge in [-0.25, -0.2) is 0 Å². The predicted octanol–water partition coefficient (Wildman–Crippen LogP) is 2.81. The third kappa shape index (κ3) is 3.40. The van der Waals surface area contributed by atoms with Crippen LogP contribution in [0.25, 0.3) is 0 Å². The van der Waals surface area contributed by atoms with Gasteiger partial charge in [0.15, 0.2) is 0 Å². The van der Waals surface area contributed by atoms with Crippen molar-refractivity contribution in [2.75, 3.05) is 31.8 Å². The van der Waals surface area contributed by atoms with E-state index < -0.39 is 5.41 Å². The SMILES string of the molecule is COC(=O)C1(CNc2cc(OC)ccc2N)CCCCC1. The van der Waals surface area contributed by atoms with Gasteiger partial charge in [-0.1, -0.05) is 19.3 Å². The molecule has 0 aromatic heterocycles. The number of hydrogen-bond acceptors (Lipinski definition) is 5. The largest absolute Gasteiger partial charge is 0.497 e. The Labute approximate surface area is 125 Å². The van der Waals surface area contributed by atoms with Crippen molar-refractivity contribution in [1.82, 2.24) is 0 Å². The molecule has 0 bridgehead atoms. The van der Waals surface area contributed by atoms with Crippen LogP contribution in [0.15, 0.2) is 18.2 Å². The summed E-state index contributed by atoms with van der Waals surface area (Å²) in [5.74, 6) is 0.610. The number of hydrogen-bond donors (Lipinski definition) is 2. The van der Waals surface area contributed by atoms with Crippen LogP contribution in [0.1, 0.15) is 32.1 Å². The van der Waals surface area contributed by atoms with E-state index in [0.717, 1.165) is 37.1 Å². The zero-order valence-electron chi connectivity index (χ0n) is 12.8. The zero-order valence-corrected chi connectivity index (χ0v) is 12.8. The van der Waals surface area contributed by atoms with E-state index in [-0.39, 0.29) is 5.97 Å². The number of ether oxygens (including phenoxy) is 2. The number of rotatable bonds is 5. The first-order valence-electron chi connectivity index (χ1n) is 7.37. The van der Waals surface area contributed by atoms with Gasteiger partial charge in [0.1, 0.15) is 5.75 Å². The lowest BCUT2D eigenvalue weighted by Gasteiger charge is -2.35. The second-order valence-electron chi connectivity index (χ2n) is 5.64. The fourth-order valence-electron chi connectivity index (χ4n) is 2.98. The molecule has 116 valence electrons. The first kappa shape index (κ1) is 15.5. The van der Waals surface area contributed by atoms with Crippen molar-refractivity contribution in [3.05, 3.63) is 18.2 Å². The zero-order chi connectivity index (χ0) is 15.3. The van der Waals surface area contributed by atoms with Crippen LogP contribution < -0.4 is 15.8 Å². The normalized spacial score (nSPS) is 17.0. The van der Waals surface area contributed by atoms with Crippen LogP contribution >= 0.6 is 0 Å². The van der Waals surface area contributed by atoms with Crippen molar-refractivity contribution in [3.63, 3.8) is 0 Å². The van der Waals surface area contributed by atoms with E-state index in [1.807, 2.05) is 12.1 Å². The van der Waals surface area contributed by atoms with Crippen LogP contribution in [-0.4, -0.2) is 26.7 Å². The summed E-state index contributed by atoms with van der Waals surface area (Å²) in [5.41, 5.74) is 6.97. The lowest BCUT2D eigenvalue weighted by atomic mass is 9.74. The molecule has 3 N–H and O–H groups in total. The third-order valence-corrected chi connectivity index (χ3v) is 4.31. The minimum Gasteiger partial charge on any atom is -0.497 e. The monoisotopic (exact) mass is 292 g/mol. The first-order valence-corrected chi connectivity index (χ1v) is 7.37. The van der Waals surface area contributed by atoms with E-state index in [1.165, 1.54) is 13.5 Å². The van der Waals surface area contributed by atoms with Gasteiger partial charge in [0.2, 0.25) is 0 Å². The van der Waals surface area contributed by atoms with Crippen LogP contribution in [0.2, 0.25) is 0 Å². The van der Waals surface area contributed by atoms with Gasteiger partial charge >= 0.3 is 5.97 Å². The van der Waals surface area contributed by atoms with E-state index >= 15 is 0 Å². The summed E-state index contributed by atoms with van der Waals surface area (Å²) < 4.78 is 10.2. The highest BCUT2D eigenvalue weighted by molar-refractivity contribution is 5.78. The number of anilines is 2. The highest BCUT2D eigenvalue weighted by Crippen LogP contribution is 2.38. The third-order valence-electron chi connectivity index (χ3n) is 4.31. The molecule has 0 heterocycles. The van der Waals surface area contributed by atoms with Gasteiger partial charge in [0.05, 0.1) is 31.0 Å². The Morgan fingerprint density at radius 1 is 1.29 bits per heavy atom. The number of carbonyl (C=O) groups excluding carboxylic acids is 1. The molecular formula is C16H24N2O3. The molecule has 0 unspecified atom stereocenters. The number of nitrogens with one attached hydrogen (secondary N) is 1. The van der Waals surface area contributed by atoms with Crippen molar-refractivity contribution in [2.45, 2.75) is 32.1 Å². The van der Waals surface area contributed by atoms with E-state index in [2.05, 4.69) is 5.32 Å². The maximum atomic E-state index is 12.2. The fraction of sp³-hybridized carbons (Fsp3) is 0.562. The topological polar surface area (TPSA) is 73.6 Å². The summed E-state index contributed by atoms with van der Waals surface area (Å²) in [7, 11) is 3.07. The minimum absolute atomic E-state index is 0.129. The first-order chi connectivity index (χ1) is 10.1. The maximum Gasteiger partial charge on any atom is 0.313 e. The minimum atomic E-state index is -0.442. The summed E-state index contributed by atoms with van der Waals surface area (Å²) in [6.45, 7) is 0.539. The lowest BCUT2D eigenvalue weighted by Crippen LogP contribution is -2.40. The standard InChI is InChI=1S/C16H24N2O3/c1-20-12-6-7-13(17)14(10-12)18-11-16(15(19)21-2)8-4-3-5-9-16/h6-7,10,18H,3-5,8-9,11,17H2,1-2H3. The Hall–Kier alpha value is -1.91. The summed E-state index contributed by atoms with van der Waals surface area (Å²) >= 11 is 0. The van der Waals surface area contributed by atoms with Gasteiger partial charge < -0.3 is 20.5 Å². The van der Waals surface area contributed by atoms with E-state index in [9.17, 15) is 4.79 Å². The van der Waals surface area contributed by atoms with Gasteiger partial charge in [0.25, 0.3) is 0 Å². The number of esters is 1. The number of benzene rings is 1. The number of methoxy groups -OCH3 is 2. The smallest absolute Gasteiger partial charge is 0.313 e. The molecule has 1 aromatic carbocycles. The highest BCUT2D eigenvalue weighted by Gasteiger charge is 2.40. The molecule has 0 atom stereocenters. The quantitative estimate of drug-likeness (QED) is 0.645. The molecule has 1 fully saturated rings. The molecule has 5 nitrogen and oxygen atoms in total. The molecule has 0 aliphatic heterocycles. The molecule has 21 heavy (non-hydrogen) atoms. The van der Waals surface area contributed by atoms with Gasteiger partial charge in [-0.2, -0.15) is 0 Å². The molecular weight excluding hydrogens is 268 g/mol. The summed E-state index contributed by atoms with van der Waals surface area (Å²) in [5, 5.41) is 3.31. The van der Waals surface area contributed by atoms with Crippen LogP contribution in [0.3, 0.4) is 0 Å². The average Bonchev–Trinajstić information content (AvgIpc) is 2.54. The van der Waals surface area contributed by atoms with Gasteiger partial charge in [-0.3, -0.25) is 4.79 Å². The second kappa shape index (κ2) is 6.70.